The molecule has 8 nitrogen and oxygen atoms in total. The van der Waals surface area contributed by atoms with Crippen molar-refractivity contribution in [3.8, 4) is 0 Å². The zero-order chi connectivity index (χ0) is 19.8. The van der Waals surface area contributed by atoms with Crippen LogP contribution in [0.2, 0.25) is 0 Å². The molecule has 2 aliphatic rings. The molecule has 2 saturated heterocycles. The number of piperidine rings is 1. The molecule has 0 aliphatic carbocycles. The van der Waals surface area contributed by atoms with Gasteiger partial charge in [0.15, 0.2) is 5.76 Å². The van der Waals surface area contributed by atoms with Gasteiger partial charge in [-0.2, -0.15) is 4.31 Å². The lowest BCUT2D eigenvalue weighted by Crippen LogP contribution is -2.46. The Morgan fingerprint density at radius 3 is 2.30 bits per heavy atom. The molecule has 1 aromatic heterocycles. The Balaban J connectivity index is 1.71. The molecule has 0 saturated carbocycles. The van der Waals surface area contributed by atoms with E-state index in [2.05, 4.69) is 0 Å². The highest BCUT2D eigenvalue weighted by Gasteiger charge is 2.33. The second-order valence-corrected chi connectivity index (χ2v) is 9.20. The van der Waals surface area contributed by atoms with Gasteiger partial charge in [-0.15, -0.1) is 0 Å². The Bertz CT molecular complexity index is 818. The molecular weight excluding hydrogens is 370 g/mol. The standard InChI is InChI=1S/C18H27N3O5S/c1-13-17(27(24,25)21-8-4-5-9-21)12-16(26-13)18(23)20-10-6-15(7-11-20)19(3)14(2)22/h12,15H,4-11H2,1-3H3. The van der Waals surface area contributed by atoms with Crippen molar-refractivity contribution in [3.63, 3.8) is 0 Å². The number of hydrogen-bond acceptors (Lipinski definition) is 5. The first-order valence-corrected chi connectivity index (χ1v) is 10.8. The molecule has 2 amide bonds. The van der Waals surface area contributed by atoms with Crippen molar-refractivity contribution >= 4 is 21.8 Å². The molecular formula is C18H27N3O5S. The van der Waals surface area contributed by atoms with Crippen LogP contribution in [0, 0.1) is 6.92 Å². The predicted molar refractivity (Wildman–Crippen MR) is 98.8 cm³/mol. The Hall–Kier alpha value is -1.87. The highest BCUT2D eigenvalue weighted by atomic mass is 32.2. The molecule has 0 atom stereocenters. The van der Waals surface area contributed by atoms with Gasteiger partial charge < -0.3 is 14.2 Å². The number of carbonyl (C=O) groups excluding carboxylic acids is 2. The molecule has 0 spiro atoms. The number of sulfonamides is 1. The summed E-state index contributed by atoms with van der Waals surface area (Å²) < 4.78 is 32.5. The van der Waals surface area contributed by atoms with Gasteiger partial charge in [0.2, 0.25) is 15.9 Å². The summed E-state index contributed by atoms with van der Waals surface area (Å²) in [7, 11) is -1.84. The van der Waals surface area contributed by atoms with Gasteiger partial charge in [-0.25, -0.2) is 8.42 Å². The molecule has 3 rings (SSSR count). The van der Waals surface area contributed by atoms with E-state index in [1.807, 2.05) is 0 Å². The van der Waals surface area contributed by atoms with E-state index >= 15 is 0 Å². The number of likely N-dealkylation sites (tertiary alicyclic amines) is 1. The molecule has 0 aromatic carbocycles. The lowest BCUT2D eigenvalue weighted by molar-refractivity contribution is -0.130. The number of furan rings is 1. The first kappa shape index (κ1) is 19.9. The van der Waals surface area contributed by atoms with Crippen LogP contribution in [-0.4, -0.2) is 73.6 Å². The van der Waals surface area contributed by atoms with Crippen LogP contribution in [0.25, 0.3) is 0 Å². The second kappa shape index (κ2) is 7.63. The monoisotopic (exact) mass is 397 g/mol. The van der Waals surface area contributed by atoms with Gasteiger partial charge in [-0.3, -0.25) is 9.59 Å². The van der Waals surface area contributed by atoms with Gasteiger partial charge in [0, 0.05) is 52.3 Å². The number of carbonyl (C=O) groups is 2. The van der Waals surface area contributed by atoms with Crippen LogP contribution >= 0.6 is 0 Å². The van der Waals surface area contributed by atoms with E-state index in [9.17, 15) is 18.0 Å². The van der Waals surface area contributed by atoms with E-state index in [-0.39, 0.29) is 34.3 Å². The van der Waals surface area contributed by atoms with Crippen molar-refractivity contribution in [2.45, 2.75) is 50.5 Å². The van der Waals surface area contributed by atoms with Gasteiger partial charge in [0.05, 0.1) is 0 Å². The predicted octanol–water partition coefficient (Wildman–Crippen LogP) is 1.46. The van der Waals surface area contributed by atoms with Gasteiger partial charge in [0.1, 0.15) is 10.7 Å². The normalized spacial score (nSPS) is 19.4. The van der Waals surface area contributed by atoms with Crippen molar-refractivity contribution in [1.29, 1.82) is 0 Å². The van der Waals surface area contributed by atoms with Gasteiger partial charge in [-0.1, -0.05) is 0 Å². The molecule has 2 fully saturated rings. The number of amides is 2. The summed E-state index contributed by atoms with van der Waals surface area (Å²) in [4.78, 5) is 27.7. The number of aryl methyl sites for hydroxylation is 1. The summed E-state index contributed by atoms with van der Waals surface area (Å²) in [6.45, 7) is 5.14. The molecule has 2 aliphatic heterocycles. The average Bonchev–Trinajstić information content (AvgIpc) is 3.31. The van der Waals surface area contributed by atoms with Crippen molar-refractivity contribution < 1.29 is 22.4 Å². The third kappa shape index (κ3) is 3.89. The van der Waals surface area contributed by atoms with Crippen LogP contribution in [0.4, 0.5) is 0 Å². The highest BCUT2D eigenvalue weighted by molar-refractivity contribution is 7.89. The van der Waals surface area contributed by atoms with Crippen molar-refractivity contribution in [1.82, 2.24) is 14.1 Å². The topological polar surface area (TPSA) is 91.1 Å². The van der Waals surface area contributed by atoms with E-state index in [4.69, 9.17) is 4.42 Å². The lowest BCUT2D eigenvalue weighted by Gasteiger charge is -2.36. The molecule has 9 heteroatoms. The van der Waals surface area contributed by atoms with Crippen LogP contribution < -0.4 is 0 Å². The Morgan fingerprint density at radius 2 is 1.74 bits per heavy atom. The molecule has 0 bridgehead atoms. The van der Waals surface area contributed by atoms with E-state index in [1.54, 1.807) is 23.8 Å². The Labute approximate surface area is 160 Å². The number of rotatable bonds is 4. The molecule has 150 valence electrons. The molecule has 1 aromatic rings. The Morgan fingerprint density at radius 1 is 1.15 bits per heavy atom. The SMILES string of the molecule is CC(=O)N(C)C1CCN(C(=O)c2cc(S(=O)(=O)N3CCCC3)c(C)o2)CC1. The van der Waals surface area contributed by atoms with Gasteiger partial charge in [-0.05, 0) is 32.6 Å². The van der Waals surface area contributed by atoms with Crippen molar-refractivity contribution in [3.05, 3.63) is 17.6 Å². The minimum absolute atomic E-state index is 0.0122. The van der Waals surface area contributed by atoms with Crippen molar-refractivity contribution in [2.24, 2.45) is 0 Å². The summed E-state index contributed by atoms with van der Waals surface area (Å²) in [5.74, 6) is 0.0168. The zero-order valence-electron chi connectivity index (χ0n) is 16.1. The third-order valence-corrected chi connectivity index (χ3v) is 7.57. The second-order valence-electron chi connectivity index (χ2n) is 7.30. The number of hydrogen-bond donors (Lipinski definition) is 0. The smallest absolute Gasteiger partial charge is 0.289 e. The van der Waals surface area contributed by atoms with E-state index < -0.39 is 10.0 Å². The fourth-order valence-electron chi connectivity index (χ4n) is 3.76. The maximum absolute atomic E-state index is 12.8. The molecule has 0 N–H and O–H groups in total. The highest BCUT2D eigenvalue weighted by Crippen LogP contribution is 2.27. The third-order valence-electron chi connectivity index (χ3n) is 5.56. The minimum Gasteiger partial charge on any atom is -0.455 e. The van der Waals surface area contributed by atoms with E-state index in [1.165, 1.54) is 17.3 Å². The average molecular weight is 397 g/mol. The van der Waals surface area contributed by atoms with Crippen LogP contribution in [0.3, 0.4) is 0 Å². The molecule has 3 heterocycles. The van der Waals surface area contributed by atoms with Crippen LogP contribution in [0.5, 0.6) is 0 Å². The first-order chi connectivity index (χ1) is 12.7. The largest absolute Gasteiger partial charge is 0.455 e. The van der Waals surface area contributed by atoms with Crippen LogP contribution in [-0.2, 0) is 14.8 Å². The zero-order valence-corrected chi connectivity index (χ0v) is 16.9. The van der Waals surface area contributed by atoms with Crippen LogP contribution in [0.15, 0.2) is 15.4 Å². The summed E-state index contributed by atoms with van der Waals surface area (Å²) in [6.07, 6.45) is 3.10. The summed E-state index contributed by atoms with van der Waals surface area (Å²) in [5.41, 5.74) is 0. The van der Waals surface area contributed by atoms with Crippen LogP contribution in [0.1, 0.15) is 48.9 Å². The van der Waals surface area contributed by atoms with E-state index in [0.717, 1.165) is 12.8 Å². The molecule has 0 unspecified atom stereocenters. The minimum atomic E-state index is -3.62. The maximum Gasteiger partial charge on any atom is 0.289 e. The van der Waals surface area contributed by atoms with Crippen molar-refractivity contribution in [2.75, 3.05) is 33.2 Å². The quantitative estimate of drug-likeness (QED) is 0.767. The fraction of sp³-hybridized carbons (Fsp3) is 0.667. The maximum atomic E-state index is 12.8. The van der Waals surface area contributed by atoms with Gasteiger partial charge in [0.25, 0.3) is 5.91 Å². The lowest BCUT2D eigenvalue weighted by atomic mass is 10.0. The first-order valence-electron chi connectivity index (χ1n) is 9.35. The summed E-state index contributed by atoms with van der Waals surface area (Å²) >= 11 is 0. The fourth-order valence-corrected chi connectivity index (χ4v) is 5.44. The summed E-state index contributed by atoms with van der Waals surface area (Å²) in [6, 6.07) is 1.48. The molecule has 0 radical (unpaired) electrons. The number of nitrogens with zero attached hydrogens (tertiary/aromatic N) is 3. The van der Waals surface area contributed by atoms with E-state index in [0.29, 0.717) is 39.0 Å². The Kier molecular flexibility index (Phi) is 5.62. The van der Waals surface area contributed by atoms with Gasteiger partial charge >= 0.3 is 0 Å². The summed E-state index contributed by atoms with van der Waals surface area (Å²) in [5, 5.41) is 0. The molecule has 27 heavy (non-hydrogen) atoms.